The first-order chi connectivity index (χ1) is 9.88. The van der Waals surface area contributed by atoms with Gasteiger partial charge in [0.15, 0.2) is 0 Å². The van der Waals surface area contributed by atoms with E-state index in [0.717, 1.165) is 5.56 Å². The second kappa shape index (κ2) is 7.49. The topological polar surface area (TPSA) is 117 Å². The van der Waals surface area contributed by atoms with Crippen LogP contribution in [-0.2, 0) is 9.59 Å². The predicted octanol–water partition coefficient (Wildman–Crippen LogP) is 0.0837. The van der Waals surface area contributed by atoms with Gasteiger partial charge in [0.1, 0.15) is 11.5 Å². The van der Waals surface area contributed by atoms with Crippen LogP contribution in [0, 0.1) is 0 Å². The molecule has 21 heavy (non-hydrogen) atoms. The molecule has 0 aromatic heterocycles. The van der Waals surface area contributed by atoms with Crippen LogP contribution in [0.25, 0.3) is 0 Å². The standard InChI is InChI=1S/C14H21N3O4/c1-8(17-14(19)11(15)7-13(16)18)10-5-4-9(20-2)6-12(10)21-3/h4-6,8,11H,7,15H2,1-3H3,(H2,16,18)(H,17,19). The number of rotatable bonds is 7. The maximum absolute atomic E-state index is 11.9. The molecule has 1 aromatic carbocycles. The molecular weight excluding hydrogens is 274 g/mol. The third-order valence-corrected chi connectivity index (χ3v) is 3.02. The van der Waals surface area contributed by atoms with Gasteiger partial charge in [-0.05, 0) is 19.1 Å². The summed E-state index contributed by atoms with van der Waals surface area (Å²) in [4.78, 5) is 22.6. The highest BCUT2D eigenvalue weighted by Gasteiger charge is 2.20. The highest BCUT2D eigenvalue weighted by Crippen LogP contribution is 2.29. The van der Waals surface area contributed by atoms with Crippen LogP contribution in [0.2, 0.25) is 0 Å². The Kier molecular flexibility index (Phi) is 5.98. The van der Waals surface area contributed by atoms with Gasteiger partial charge >= 0.3 is 0 Å². The first-order valence-corrected chi connectivity index (χ1v) is 6.45. The van der Waals surface area contributed by atoms with Gasteiger partial charge in [0, 0.05) is 11.6 Å². The highest BCUT2D eigenvalue weighted by molar-refractivity contribution is 5.87. The third-order valence-electron chi connectivity index (χ3n) is 3.02. The second-order valence-corrected chi connectivity index (χ2v) is 4.62. The van der Waals surface area contributed by atoms with E-state index in [1.807, 2.05) is 0 Å². The van der Waals surface area contributed by atoms with Crippen LogP contribution in [0.3, 0.4) is 0 Å². The van der Waals surface area contributed by atoms with Crippen molar-refractivity contribution < 1.29 is 19.1 Å². The van der Waals surface area contributed by atoms with Crippen molar-refractivity contribution in [2.45, 2.75) is 25.4 Å². The van der Waals surface area contributed by atoms with Gasteiger partial charge < -0.3 is 26.3 Å². The minimum atomic E-state index is -0.964. The van der Waals surface area contributed by atoms with E-state index in [9.17, 15) is 9.59 Å². The Morgan fingerprint density at radius 1 is 1.29 bits per heavy atom. The van der Waals surface area contributed by atoms with Gasteiger partial charge in [-0.15, -0.1) is 0 Å². The van der Waals surface area contributed by atoms with Crippen LogP contribution in [0.5, 0.6) is 11.5 Å². The van der Waals surface area contributed by atoms with Crippen LogP contribution < -0.4 is 26.3 Å². The van der Waals surface area contributed by atoms with Gasteiger partial charge in [-0.1, -0.05) is 0 Å². The molecule has 2 unspecified atom stereocenters. The number of benzene rings is 1. The van der Waals surface area contributed by atoms with E-state index in [4.69, 9.17) is 20.9 Å². The molecule has 0 heterocycles. The normalized spacial score (nSPS) is 13.1. The van der Waals surface area contributed by atoms with Gasteiger partial charge in [-0.2, -0.15) is 0 Å². The van der Waals surface area contributed by atoms with Crippen molar-refractivity contribution in [3.63, 3.8) is 0 Å². The van der Waals surface area contributed by atoms with E-state index in [0.29, 0.717) is 11.5 Å². The summed E-state index contributed by atoms with van der Waals surface area (Å²) >= 11 is 0. The number of ether oxygens (including phenoxy) is 2. The van der Waals surface area contributed by atoms with Gasteiger partial charge in [0.2, 0.25) is 11.8 Å². The molecule has 1 rings (SSSR count). The molecule has 0 spiro atoms. The monoisotopic (exact) mass is 295 g/mol. The Balaban J connectivity index is 2.81. The molecule has 0 saturated heterocycles. The van der Waals surface area contributed by atoms with Crippen LogP contribution in [0.1, 0.15) is 24.9 Å². The molecule has 1 aromatic rings. The van der Waals surface area contributed by atoms with Crippen LogP contribution in [0.4, 0.5) is 0 Å². The van der Waals surface area contributed by atoms with Gasteiger partial charge in [0.25, 0.3) is 0 Å². The zero-order valence-electron chi connectivity index (χ0n) is 12.4. The number of carbonyl (C=O) groups excluding carboxylic acids is 2. The van der Waals surface area contributed by atoms with E-state index in [1.165, 1.54) is 7.11 Å². The third kappa shape index (κ3) is 4.64. The van der Waals surface area contributed by atoms with E-state index in [1.54, 1.807) is 32.2 Å². The lowest BCUT2D eigenvalue weighted by molar-refractivity contribution is -0.126. The van der Waals surface area contributed by atoms with Crippen molar-refractivity contribution >= 4 is 11.8 Å². The summed E-state index contributed by atoms with van der Waals surface area (Å²) < 4.78 is 10.4. The Labute approximate surface area is 123 Å². The SMILES string of the molecule is COc1ccc(C(C)NC(=O)C(N)CC(N)=O)c(OC)c1. The number of carbonyl (C=O) groups is 2. The van der Waals surface area contributed by atoms with Crippen LogP contribution in [-0.4, -0.2) is 32.1 Å². The zero-order chi connectivity index (χ0) is 16.0. The fourth-order valence-corrected chi connectivity index (χ4v) is 1.88. The van der Waals surface area contributed by atoms with Crippen molar-refractivity contribution in [2.75, 3.05) is 14.2 Å². The van der Waals surface area contributed by atoms with Crippen molar-refractivity contribution in [1.82, 2.24) is 5.32 Å². The molecule has 116 valence electrons. The molecule has 0 radical (unpaired) electrons. The molecule has 0 aliphatic heterocycles. The zero-order valence-corrected chi connectivity index (χ0v) is 12.4. The number of nitrogens with one attached hydrogen (secondary N) is 1. The molecule has 0 saturated carbocycles. The summed E-state index contributed by atoms with van der Waals surface area (Å²) in [7, 11) is 3.09. The molecular formula is C14H21N3O4. The van der Waals surface area contributed by atoms with Crippen molar-refractivity contribution in [1.29, 1.82) is 0 Å². The quantitative estimate of drug-likeness (QED) is 0.659. The number of amides is 2. The second-order valence-electron chi connectivity index (χ2n) is 4.62. The number of methoxy groups -OCH3 is 2. The summed E-state index contributed by atoms with van der Waals surface area (Å²) in [6.07, 6.45) is -0.196. The van der Waals surface area contributed by atoms with Gasteiger partial charge in [-0.3, -0.25) is 9.59 Å². The largest absolute Gasteiger partial charge is 0.497 e. The van der Waals surface area contributed by atoms with E-state index >= 15 is 0 Å². The first-order valence-electron chi connectivity index (χ1n) is 6.45. The molecule has 7 heteroatoms. The average molecular weight is 295 g/mol. The van der Waals surface area contributed by atoms with E-state index < -0.39 is 17.9 Å². The number of nitrogens with two attached hydrogens (primary N) is 2. The fourth-order valence-electron chi connectivity index (χ4n) is 1.88. The molecule has 0 aliphatic rings. The summed E-state index contributed by atoms with van der Waals surface area (Å²) in [6.45, 7) is 1.79. The highest BCUT2D eigenvalue weighted by atomic mass is 16.5. The summed E-state index contributed by atoms with van der Waals surface area (Å²) in [6, 6.07) is 3.99. The Hall–Kier alpha value is -2.28. The molecule has 0 bridgehead atoms. The lowest BCUT2D eigenvalue weighted by Crippen LogP contribution is -2.43. The van der Waals surface area contributed by atoms with Crippen LogP contribution >= 0.6 is 0 Å². The Morgan fingerprint density at radius 3 is 2.48 bits per heavy atom. The van der Waals surface area contributed by atoms with Gasteiger partial charge in [-0.25, -0.2) is 0 Å². The maximum atomic E-state index is 11.9. The van der Waals surface area contributed by atoms with Crippen molar-refractivity contribution in [3.05, 3.63) is 23.8 Å². The van der Waals surface area contributed by atoms with Gasteiger partial charge in [0.05, 0.1) is 32.7 Å². The van der Waals surface area contributed by atoms with Crippen LogP contribution in [0.15, 0.2) is 18.2 Å². The average Bonchev–Trinajstić information content (AvgIpc) is 2.45. The predicted molar refractivity (Wildman–Crippen MR) is 77.9 cm³/mol. The first kappa shape index (κ1) is 16.8. The maximum Gasteiger partial charge on any atom is 0.237 e. The number of hydrogen-bond acceptors (Lipinski definition) is 5. The molecule has 2 atom stereocenters. The molecule has 0 fully saturated rings. The molecule has 2 amide bonds. The Morgan fingerprint density at radius 2 is 1.95 bits per heavy atom. The minimum Gasteiger partial charge on any atom is -0.497 e. The number of primary amides is 1. The molecule has 7 nitrogen and oxygen atoms in total. The summed E-state index contributed by atoms with van der Waals surface area (Å²) in [5.74, 6) is 0.177. The van der Waals surface area contributed by atoms with Crippen molar-refractivity contribution in [3.8, 4) is 11.5 Å². The molecule has 5 N–H and O–H groups in total. The lowest BCUT2D eigenvalue weighted by atomic mass is 10.1. The van der Waals surface area contributed by atoms with E-state index in [-0.39, 0.29) is 12.5 Å². The molecule has 0 aliphatic carbocycles. The minimum absolute atomic E-state index is 0.196. The summed E-state index contributed by atoms with van der Waals surface area (Å²) in [5, 5.41) is 2.72. The lowest BCUT2D eigenvalue weighted by Gasteiger charge is -2.19. The Bertz CT molecular complexity index is 519. The smallest absolute Gasteiger partial charge is 0.237 e. The number of hydrogen-bond donors (Lipinski definition) is 3. The fraction of sp³-hybridized carbons (Fsp3) is 0.429. The summed E-state index contributed by atoms with van der Waals surface area (Å²) in [5.41, 5.74) is 11.4. The van der Waals surface area contributed by atoms with E-state index in [2.05, 4.69) is 5.32 Å². The van der Waals surface area contributed by atoms with Crippen molar-refractivity contribution in [2.24, 2.45) is 11.5 Å².